The van der Waals surface area contributed by atoms with Gasteiger partial charge in [0.2, 0.25) is 5.91 Å². The topological polar surface area (TPSA) is 72.3 Å². The van der Waals surface area contributed by atoms with E-state index in [9.17, 15) is 13.6 Å². The Morgan fingerprint density at radius 3 is 2.81 bits per heavy atom. The summed E-state index contributed by atoms with van der Waals surface area (Å²) in [5.41, 5.74) is 1.69. The number of nitrogens with one attached hydrogen (secondary N) is 1. The molecule has 3 aromatic rings. The molecule has 3 heterocycles. The van der Waals surface area contributed by atoms with Gasteiger partial charge in [0.15, 0.2) is 0 Å². The number of fused-ring (bicyclic) bond motifs is 1. The minimum Gasteiger partial charge on any atom is -0.497 e. The molecule has 2 aromatic carbocycles. The molecule has 2 fully saturated rings. The fourth-order valence-electron chi connectivity index (χ4n) is 4.35. The summed E-state index contributed by atoms with van der Waals surface area (Å²) < 4.78 is 33.9. The van der Waals surface area contributed by atoms with E-state index in [0.29, 0.717) is 13.0 Å². The summed E-state index contributed by atoms with van der Waals surface area (Å²) in [7, 11) is 1.64. The van der Waals surface area contributed by atoms with Crippen molar-refractivity contribution in [1.82, 2.24) is 25.2 Å². The third-order valence-corrected chi connectivity index (χ3v) is 6.11. The van der Waals surface area contributed by atoms with Crippen LogP contribution in [0.2, 0.25) is 0 Å². The normalized spacial score (nSPS) is 22.9. The number of benzene rings is 2. The van der Waals surface area contributed by atoms with Gasteiger partial charge < -0.3 is 15.0 Å². The van der Waals surface area contributed by atoms with Gasteiger partial charge in [-0.25, -0.2) is 13.5 Å². The predicted molar refractivity (Wildman–Crippen MR) is 111 cm³/mol. The second-order valence-electron chi connectivity index (χ2n) is 8.23. The molecule has 2 saturated heterocycles. The van der Waals surface area contributed by atoms with E-state index in [4.69, 9.17) is 4.74 Å². The summed E-state index contributed by atoms with van der Waals surface area (Å²) in [5, 5.41) is 13.9. The van der Waals surface area contributed by atoms with Gasteiger partial charge in [-0.3, -0.25) is 4.79 Å². The lowest BCUT2D eigenvalue weighted by Gasteiger charge is -2.20. The zero-order valence-corrected chi connectivity index (χ0v) is 17.1. The van der Waals surface area contributed by atoms with Crippen LogP contribution >= 0.6 is 0 Å². The summed E-state index contributed by atoms with van der Waals surface area (Å²) in [5.74, 6) is -2.23. The fourth-order valence-corrected chi connectivity index (χ4v) is 4.35. The van der Waals surface area contributed by atoms with Gasteiger partial charge in [0.1, 0.15) is 11.4 Å². The van der Waals surface area contributed by atoms with E-state index in [2.05, 4.69) is 21.7 Å². The van der Waals surface area contributed by atoms with Crippen molar-refractivity contribution >= 4 is 16.7 Å². The summed E-state index contributed by atoms with van der Waals surface area (Å²) in [4.78, 5) is 13.8. The molecule has 31 heavy (non-hydrogen) atoms. The molecule has 9 heteroatoms. The lowest BCUT2D eigenvalue weighted by Crippen LogP contribution is -2.43. The molecule has 0 unspecified atom stereocenters. The van der Waals surface area contributed by atoms with Gasteiger partial charge in [-0.2, -0.15) is 0 Å². The minimum absolute atomic E-state index is 0.0527. The number of likely N-dealkylation sites (tertiary alicyclic amines) is 1. The van der Waals surface area contributed by atoms with E-state index in [1.54, 1.807) is 11.8 Å². The van der Waals surface area contributed by atoms with Gasteiger partial charge in [0.05, 0.1) is 31.9 Å². The predicted octanol–water partition coefficient (Wildman–Crippen LogP) is 2.88. The Balaban J connectivity index is 1.29. The molecule has 2 aliphatic rings. The third kappa shape index (κ3) is 3.85. The number of rotatable bonds is 4. The summed E-state index contributed by atoms with van der Waals surface area (Å²) in [6, 6.07) is 11.4. The largest absolute Gasteiger partial charge is 0.497 e. The molecule has 0 aliphatic carbocycles. The molecule has 1 amide bonds. The quantitative estimate of drug-likeness (QED) is 0.693. The monoisotopic (exact) mass is 427 g/mol. The summed E-state index contributed by atoms with van der Waals surface area (Å²) in [6.07, 6.45) is 2.11. The van der Waals surface area contributed by atoms with Crippen LogP contribution in [-0.2, 0) is 4.79 Å². The van der Waals surface area contributed by atoms with Crippen LogP contribution < -0.4 is 10.1 Å². The molecule has 0 spiro atoms. The fraction of sp³-hybridized carbons (Fsp3) is 0.409. The van der Waals surface area contributed by atoms with Crippen LogP contribution in [0.3, 0.4) is 0 Å². The minimum atomic E-state index is -2.78. The molecule has 2 aliphatic heterocycles. The smallest absolute Gasteiger partial charge is 0.267 e. The van der Waals surface area contributed by atoms with E-state index in [1.807, 2.05) is 36.5 Å². The average molecular weight is 427 g/mol. The van der Waals surface area contributed by atoms with Gasteiger partial charge in [-0.15, -0.1) is 5.10 Å². The van der Waals surface area contributed by atoms with Gasteiger partial charge in [0.25, 0.3) is 5.92 Å². The van der Waals surface area contributed by atoms with E-state index in [0.717, 1.165) is 27.8 Å². The van der Waals surface area contributed by atoms with Crippen molar-refractivity contribution in [3.8, 4) is 17.0 Å². The molecule has 5 rings (SSSR count). The first-order chi connectivity index (χ1) is 14.9. The molecule has 7 nitrogen and oxygen atoms in total. The molecule has 0 bridgehead atoms. The standard InChI is InChI=1S/C22H23F2N5O2/c1-31-18-5-4-14-8-16(3-2-15(14)9-18)20-12-29(27-26-20)17-10-19(25-11-17)21(30)28-7-6-22(23,24)13-28/h2-5,8-9,12,17,19,25H,6-7,10-11,13H2,1H3/t17-,19-/m0/s1. The molecule has 2 atom stereocenters. The molecule has 1 aromatic heterocycles. The lowest BCUT2D eigenvalue weighted by atomic mass is 10.1. The number of hydrogen-bond acceptors (Lipinski definition) is 5. The van der Waals surface area contributed by atoms with Crippen LogP contribution in [0.15, 0.2) is 42.6 Å². The highest BCUT2D eigenvalue weighted by atomic mass is 19.3. The number of amides is 1. The molecular weight excluding hydrogens is 404 g/mol. The Morgan fingerprint density at radius 2 is 2.03 bits per heavy atom. The Kier molecular flexibility index (Phi) is 4.85. The maximum Gasteiger partial charge on any atom is 0.267 e. The van der Waals surface area contributed by atoms with Gasteiger partial charge >= 0.3 is 0 Å². The molecule has 1 N–H and O–H groups in total. The van der Waals surface area contributed by atoms with Crippen LogP contribution in [0, 0.1) is 0 Å². The van der Waals surface area contributed by atoms with Crippen LogP contribution in [0.1, 0.15) is 18.9 Å². The highest BCUT2D eigenvalue weighted by Crippen LogP contribution is 2.30. The Bertz CT molecular complexity index is 1130. The van der Waals surface area contributed by atoms with E-state index < -0.39 is 18.5 Å². The van der Waals surface area contributed by atoms with Crippen LogP contribution in [0.4, 0.5) is 8.78 Å². The Morgan fingerprint density at radius 1 is 1.23 bits per heavy atom. The number of halogens is 2. The number of aromatic nitrogens is 3. The first-order valence-electron chi connectivity index (χ1n) is 10.3. The van der Waals surface area contributed by atoms with Crippen LogP contribution in [0.5, 0.6) is 5.75 Å². The second-order valence-corrected chi connectivity index (χ2v) is 8.23. The van der Waals surface area contributed by atoms with Crippen molar-refractivity contribution in [3.05, 3.63) is 42.6 Å². The number of hydrogen-bond donors (Lipinski definition) is 1. The average Bonchev–Trinajstić information content (AvgIpc) is 3.51. The molecular formula is C22H23F2N5O2. The summed E-state index contributed by atoms with van der Waals surface area (Å²) >= 11 is 0. The highest BCUT2D eigenvalue weighted by Gasteiger charge is 2.43. The van der Waals surface area contributed by atoms with Gasteiger partial charge in [0, 0.05) is 25.1 Å². The number of nitrogens with zero attached hydrogens (tertiary/aromatic N) is 4. The highest BCUT2D eigenvalue weighted by molar-refractivity contribution is 5.87. The number of ether oxygens (including phenoxy) is 1. The van der Waals surface area contributed by atoms with Crippen molar-refractivity contribution in [2.24, 2.45) is 0 Å². The zero-order valence-electron chi connectivity index (χ0n) is 17.1. The maximum absolute atomic E-state index is 13.4. The van der Waals surface area contributed by atoms with Crippen molar-refractivity contribution in [2.45, 2.75) is 30.8 Å². The lowest BCUT2D eigenvalue weighted by molar-refractivity contribution is -0.133. The number of carbonyl (C=O) groups excluding carboxylic acids is 1. The number of methoxy groups -OCH3 is 1. The van der Waals surface area contributed by atoms with Crippen molar-refractivity contribution < 1.29 is 18.3 Å². The summed E-state index contributed by atoms with van der Waals surface area (Å²) in [6.45, 7) is 0.160. The molecule has 0 saturated carbocycles. The Labute approximate surface area is 178 Å². The third-order valence-electron chi connectivity index (χ3n) is 6.11. The van der Waals surface area contributed by atoms with Crippen LogP contribution in [-0.4, -0.2) is 64.5 Å². The number of alkyl halides is 2. The van der Waals surface area contributed by atoms with Crippen molar-refractivity contribution in [2.75, 3.05) is 26.7 Å². The molecule has 0 radical (unpaired) electrons. The Hall–Kier alpha value is -3.07. The maximum atomic E-state index is 13.4. The first-order valence-corrected chi connectivity index (χ1v) is 10.3. The van der Waals surface area contributed by atoms with Crippen molar-refractivity contribution in [3.63, 3.8) is 0 Å². The van der Waals surface area contributed by atoms with Gasteiger partial charge in [-0.05, 0) is 35.4 Å². The van der Waals surface area contributed by atoms with Crippen molar-refractivity contribution in [1.29, 1.82) is 0 Å². The SMILES string of the molecule is COc1ccc2cc(-c3cn([C@@H]4CN[C@H](C(=O)N5CCC(F)(F)C5)C4)nn3)ccc2c1. The zero-order chi connectivity index (χ0) is 21.6. The molecule has 162 valence electrons. The second kappa shape index (κ2) is 7.56. The van der Waals surface area contributed by atoms with E-state index in [1.165, 1.54) is 4.90 Å². The van der Waals surface area contributed by atoms with E-state index in [-0.39, 0.29) is 24.9 Å². The van der Waals surface area contributed by atoms with E-state index >= 15 is 0 Å². The number of carbonyl (C=O) groups is 1. The van der Waals surface area contributed by atoms with Gasteiger partial charge in [-0.1, -0.05) is 23.4 Å². The first kappa shape index (κ1) is 19.9. The van der Waals surface area contributed by atoms with Crippen LogP contribution in [0.25, 0.3) is 22.0 Å².